The molecule has 2 rings (SSSR count). The quantitative estimate of drug-likeness (QED) is 0.728. The van der Waals surface area contributed by atoms with E-state index in [4.69, 9.17) is 4.74 Å². The van der Waals surface area contributed by atoms with Crippen molar-refractivity contribution in [3.8, 4) is 5.75 Å². The zero-order valence-electron chi connectivity index (χ0n) is 15.6. The molecule has 0 bridgehead atoms. The van der Waals surface area contributed by atoms with Gasteiger partial charge < -0.3 is 10.1 Å². The number of ether oxygens (including phenoxy) is 1. The number of carbonyl (C=O) groups excluding carboxylic acids is 1. The first-order valence-corrected chi connectivity index (χ1v) is 8.66. The number of nitrogens with one attached hydrogen (secondary N) is 1. The Labute approximate surface area is 150 Å². The van der Waals surface area contributed by atoms with E-state index < -0.39 is 0 Å². The van der Waals surface area contributed by atoms with Crippen LogP contribution in [0.1, 0.15) is 52.0 Å². The molecule has 0 saturated heterocycles. The average Bonchev–Trinajstić information content (AvgIpc) is 2.60. The van der Waals surface area contributed by atoms with E-state index in [9.17, 15) is 4.79 Å². The monoisotopic (exact) mass is 337 g/mol. The lowest BCUT2D eigenvalue weighted by Crippen LogP contribution is -2.28. The Bertz CT molecular complexity index is 765. The van der Waals surface area contributed by atoms with E-state index in [2.05, 4.69) is 50.9 Å². The fourth-order valence-corrected chi connectivity index (χ4v) is 3.09. The second kappa shape index (κ2) is 8.52. The molecule has 1 N–H and O–H groups in total. The van der Waals surface area contributed by atoms with Crippen LogP contribution >= 0.6 is 0 Å². The summed E-state index contributed by atoms with van der Waals surface area (Å²) < 4.78 is 5.35. The minimum Gasteiger partial charge on any atom is -0.496 e. The number of amides is 1. The molecular weight excluding hydrogens is 310 g/mol. The van der Waals surface area contributed by atoms with Crippen molar-refractivity contribution in [3.63, 3.8) is 0 Å². The van der Waals surface area contributed by atoms with Crippen LogP contribution in [0.2, 0.25) is 0 Å². The van der Waals surface area contributed by atoms with Crippen LogP contribution in [0.3, 0.4) is 0 Å². The minimum absolute atomic E-state index is 0.00180. The number of benzene rings is 2. The highest BCUT2D eigenvalue weighted by molar-refractivity contribution is 5.94. The van der Waals surface area contributed by atoms with Gasteiger partial charge >= 0.3 is 0 Å². The maximum Gasteiger partial charge on any atom is 0.251 e. The average molecular weight is 337 g/mol. The number of carbonyl (C=O) groups is 1. The number of aryl methyl sites for hydroxylation is 2. The third kappa shape index (κ3) is 4.50. The first-order chi connectivity index (χ1) is 12.0. The molecule has 3 heteroatoms. The van der Waals surface area contributed by atoms with Gasteiger partial charge in [0.25, 0.3) is 5.91 Å². The van der Waals surface area contributed by atoms with E-state index in [1.54, 1.807) is 13.2 Å². The first-order valence-electron chi connectivity index (χ1n) is 8.66. The Balaban J connectivity index is 2.24. The summed E-state index contributed by atoms with van der Waals surface area (Å²) in [5.74, 6) is 0.706. The lowest BCUT2D eigenvalue weighted by Gasteiger charge is -2.20. The smallest absolute Gasteiger partial charge is 0.251 e. The van der Waals surface area contributed by atoms with Crippen LogP contribution in [-0.4, -0.2) is 13.0 Å². The molecule has 132 valence electrons. The van der Waals surface area contributed by atoms with E-state index in [1.165, 1.54) is 16.7 Å². The molecule has 25 heavy (non-hydrogen) atoms. The second-order valence-electron chi connectivity index (χ2n) is 6.31. The summed E-state index contributed by atoms with van der Waals surface area (Å²) in [5, 5.41) is 3.16. The van der Waals surface area contributed by atoms with Gasteiger partial charge in [0.1, 0.15) is 5.75 Å². The summed E-state index contributed by atoms with van der Waals surface area (Å²) in [4.78, 5) is 12.7. The molecule has 0 radical (unpaired) electrons. The van der Waals surface area contributed by atoms with Crippen LogP contribution in [0.5, 0.6) is 5.75 Å². The number of allylic oxidation sites excluding steroid dienone is 1. The molecule has 1 unspecified atom stereocenters. The molecule has 2 aromatic carbocycles. The first kappa shape index (κ1) is 18.8. The van der Waals surface area contributed by atoms with Crippen LogP contribution < -0.4 is 10.1 Å². The number of hydrogen-bond donors (Lipinski definition) is 1. The van der Waals surface area contributed by atoms with Crippen molar-refractivity contribution in [1.29, 1.82) is 0 Å². The predicted molar refractivity (Wildman–Crippen MR) is 103 cm³/mol. The summed E-state index contributed by atoms with van der Waals surface area (Å²) in [6.07, 6.45) is 3.31. The van der Waals surface area contributed by atoms with Crippen LogP contribution in [0.15, 0.2) is 49.1 Å². The highest BCUT2D eigenvalue weighted by Gasteiger charge is 2.17. The third-order valence-electron chi connectivity index (χ3n) is 4.42. The minimum atomic E-state index is -0.0696. The Morgan fingerprint density at radius 3 is 2.60 bits per heavy atom. The van der Waals surface area contributed by atoms with Crippen molar-refractivity contribution in [2.45, 2.75) is 39.7 Å². The molecule has 0 aliphatic carbocycles. The number of rotatable bonds is 7. The Hall–Kier alpha value is -2.55. The van der Waals surface area contributed by atoms with Gasteiger partial charge in [-0.3, -0.25) is 4.79 Å². The summed E-state index contributed by atoms with van der Waals surface area (Å²) in [6, 6.07) is 11.9. The van der Waals surface area contributed by atoms with E-state index in [0.717, 1.165) is 17.7 Å². The lowest BCUT2D eigenvalue weighted by molar-refractivity contribution is 0.0935. The fraction of sp³-hybridized carbons (Fsp3) is 0.318. The summed E-state index contributed by atoms with van der Waals surface area (Å²) >= 11 is 0. The fourth-order valence-electron chi connectivity index (χ4n) is 3.09. The normalized spacial score (nSPS) is 11.7. The lowest BCUT2D eigenvalue weighted by atomic mass is 9.97. The SMILES string of the molecule is C=CCc1cc(C(=O)NC(CC)c2ccc(C)cc2C)ccc1OC. The van der Waals surface area contributed by atoms with Gasteiger partial charge in [0, 0.05) is 5.56 Å². The molecule has 3 nitrogen and oxygen atoms in total. The predicted octanol–water partition coefficient (Wildman–Crippen LogP) is 4.92. The molecule has 0 fully saturated rings. The van der Waals surface area contributed by atoms with Crippen LogP contribution in [-0.2, 0) is 6.42 Å². The second-order valence-corrected chi connectivity index (χ2v) is 6.31. The van der Waals surface area contributed by atoms with Crippen LogP contribution in [0.25, 0.3) is 0 Å². The largest absolute Gasteiger partial charge is 0.496 e. The van der Waals surface area contributed by atoms with Gasteiger partial charge in [-0.15, -0.1) is 6.58 Å². The number of hydrogen-bond acceptors (Lipinski definition) is 2. The van der Waals surface area contributed by atoms with Crippen molar-refractivity contribution in [2.75, 3.05) is 7.11 Å². The summed E-state index contributed by atoms with van der Waals surface area (Å²) in [7, 11) is 1.63. The van der Waals surface area contributed by atoms with Gasteiger partial charge in [-0.1, -0.05) is 36.8 Å². The van der Waals surface area contributed by atoms with E-state index in [-0.39, 0.29) is 11.9 Å². The van der Waals surface area contributed by atoms with E-state index >= 15 is 0 Å². The standard InChI is InChI=1S/C22H27NO2/c1-6-8-17-14-18(10-12-21(17)25-5)22(24)23-20(7-2)19-11-9-15(3)13-16(19)4/h6,9-14,20H,1,7-8H2,2-5H3,(H,23,24). The molecule has 0 aromatic heterocycles. The van der Waals surface area contributed by atoms with Gasteiger partial charge in [0.2, 0.25) is 0 Å². The van der Waals surface area contributed by atoms with Crippen LogP contribution in [0.4, 0.5) is 0 Å². The Morgan fingerprint density at radius 2 is 2.00 bits per heavy atom. The van der Waals surface area contributed by atoms with E-state index in [1.807, 2.05) is 18.2 Å². The zero-order valence-corrected chi connectivity index (χ0v) is 15.6. The van der Waals surface area contributed by atoms with Gasteiger partial charge in [0.15, 0.2) is 0 Å². The molecule has 0 saturated carbocycles. The molecule has 2 aromatic rings. The van der Waals surface area contributed by atoms with Gasteiger partial charge in [-0.05, 0) is 61.6 Å². The van der Waals surface area contributed by atoms with Gasteiger partial charge in [-0.25, -0.2) is 0 Å². The van der Waals surface area contributed by atoms with Crippen molar-refractivity contribution in [3.05, 3.63) is 76.9 Å². The maximum atomic E-state index is 12.7. The highest BCUT2D eigenvalue weighted by Crippen LogP contribution is 2.24. The van der Waals surface area contributed by atoms with Crippen molar-refractivity contribution in [1.82, 2.24) is 5.32 Å². The molecule has 0 aliphatic heterocycles. The van der Waals surface area contributed by atoms with Crippen molar-refractivity contribution >= 4 is 5.91 Å². The number of methoxy groups -OCH3 is 1. The molecule has 0 heterocycles. The zero-order chi connectivity index (χ0) is 18.4. The molecule has 1 amide bonds. The van der Waals surface area contributed by atoms with Gasteiger partial charge in [-0.2, -0.15) is 0 Å². The highest BCUT2D eigenvalue weighted by atomic mass is 16.5. The van der Waals surface area contributed by atoms with Crippen molar-refractivity contribution in [2.24, 2.45) is 0 Å². The van der Waals surface area contributed by atoms with Crippen molar-refractivity contribution < 1.29 is 9.53 Å². The molecule has 0 aliphatic rings. The summed E-state index contributed by atoms with van der Waals surface area (Å²) in [6.45, 7) is 10.0. The molecule has 1 atom stereocenters. The molecule has 0 spiro atoms. The van der Waals surface area contributed by atoms with E-state index in [0.29, 0.717) is 12.0 Å². The third-order valence-corrected chi connectivity index (χ3v) is 4.42. The topological polar surface area (TPSA) is 38.3 Å². The van der Waals surface area contributed by atoms with Gasteiger partial charge in [0.05, 0.1) is 13.2 Å². The maximum absolute atomic E-state index is 12.7. The summed E-state index contributed by atoms with van der Waals surface area (Å²) in [5.41, 5.74) is 5.20. The Morgan fingerprint density at radius 1 is 1.24 bits per heavy atom. The Kier molecular flexibility index (Phi) is 6.40. The molecular formula is C22H27NO2. The van der Waals surface area contributed by atoms with Crippen LogP contribution in [0, 0.1) is 13.8 Å².